The van der Waals surface area contributed by atoms with E-state index in [9.17, 15) is 4.79 Å². The second kappa shape index (κ2) is 10.2. The zero-order valence-corrected chi connectivity index (χ0v) is 12.8. The predicted octanol–water partition coefficient (Wildman–Crippen LogP) is 3.24. The van der Waals surface area contributed by atoms with Crippen LogP contribution in [-0.2, 0) is 4.79 Å². The van der Waals surface area contributed by atoms with Crippen LogP contribution in [0.3, 0.4) is 0 Å². The summed E-state index contributed by atoms with van der Waals surface area (Å²) >= 11 is 0. The van der Waals surface area contributed by atoms with Gasteiger partial charge in [0.05, 0.1) is 0 Å². The SMILES string of the molecule is CC(C)NCCCCCC(=O)NCC1CCCCC1. The van der Waals surface area contributed by atoms with Gasteiger partial charge in [-0.25, -0.2) is 0 Å². The highest BCUT2D eigenvalue weighted by Crippen LogP contribution is 2.22. The molecule has 1 aliphatic carbocycles. The van der Waals surface area contributed by atoms with Crippen molar-refractivity contribution in [1.29, 1.82) is 0 Å². The Labute approximate surface area is 118 Å². The first-order valence-electron chi connectivity index (χ1n) is 8.18. The van der Waals surface area contributed by atoms with E-state index in [2.05, 4.69) is 24.5 Å². The number of amides is 1. The van der Waals surface area contributed by atoms with E-state index in [0.717, 1.165) is 31.8 Å². The maximum absolute atomic E-state index is 11.7. The summed E-state index contributed by atoms with van der Waals surface area (Å²) in [5.74, 6) is 0.996. The molecule has 0 bridgehead atoms. The number of hydrogen-bond acceptors (Lipinski definition) is 2. The molecule has 3 nitrogen and oxygen atoms in total. The van der Waals surface area contributed by atoms with Crippen molar-refractivity contribution in [3.05, 3.63) is 0 Å². The van der Waals surface area contributed by atoms with Crippen LogP contribution in [-0.4, -0.2) is 25.0 Å². The van der Waals surface area contributed by atoms with E-state index in [0.29, 0.717) is 12.5 Å². The standard InChI is InChI=1S/C16H32N2O/c1-14(2)17-12-8-4-7-11-16(19)18-13-15-9-5-3-6-10-15/h14-15,17H,3-13H2,1-2H3,(H,18,19). The van der Waals surface area contributed by atoms with E-state index < -0.39 is 0 Å². The molecule has 0 aromatic rings. The number of hydrogen-bond donors (Lipinski definition) is 2. The average molecular weight is 268 g/mol. The second-order valence-corrected chi connectivity index (χ2v) is 6.23. The maximum Gasteiger partial charge on any atom is 0.220 e. The molecular weight excluding hydrogens is 236 g/mol. The van der Waals surface area contributed by atoms with E-state index in [1.54, 1.807) is 0 Å². The maximum atomic E-state index is 11.7. The third-order valence-electron chi connectivity index (χ3n) is 3.95. The Balaban J connectivity index is 1.90. The first kappa shape index (κ1) is 16.5. The molecule has 0 aromatic heterocycles. The quantitative estimate of drug-likeness (QED) is 0.630. The lowest BCUT2D eigenvalue weighted by Gasteiger charge is -2.21. The van der Waals surface area contributed by atoms with Gasteiger partial charge in [0.2, 0.25) is 5.91 Å². The molecule has 1 saturated carbocycles. The Bertz CT molecular complexity index is 235. The highest BCUT2D eigenvalue weighted by Gasteiger charge is 2.13. The fourth-order valence-corrected chi connectivity index (χ4v) is 2.72. The van der Waals surface area contributed by atoms with Crippen molar-refractivity contribution in [2.45, 2.75) is 77.7 Å². The van der Waals surface area contributed by atoms with Crippen LogP contribution in [0.4, 0.5) is 0 Å². The minimum absolute atomic E-state index is 0.252. The summed E-state index contributed by atoms with van der Waals surface area (Å²) in [5.41, 5.74) is 0. The lowest BCUT2D eigenvalue weighted by atomic mass is 9.89. The molecule has 19 heavy (non-hydrogen) atoms. The van der Waals surface area contributed by atoms with Crippen LogP contribution in [0.5, 0.6) is 0 Å². The molecule has 3 heteroatoms. The molecule has 0 aromatic carbocycles. The fourth-order valence-electron chi connectivity index (χ4n) is 2.72. The fraction of sp³-hybridized carbons (Fsp3) is 0.938. The van der Waals surface area contributed by atoms with Crippen LogP contribution >= 0.6 is 0 Å². The van der Waals surface area contributed by atoms with Gasteiger partial charge in [0, 0.05) is 19.0 Å². The van der Waals surface area contributed by atoms with Gasteiger partial charge in [-0.3, -0.25) is 4.79 Å². The van der Waals surface area contributed by atoms with E-state index in [-0.39, 0.29) is 5.91 Å². The van der Waals surface area contributed by atoms with Crippen LogP contribution in [0.1, 0.15) is 71.6 Å². The van der Waals surface area contributed by atoms with Crippen molar-refractivity contribution in [3.8, 4) is 0 Å². The van der Waals surface area contributed by atoms with Gasteiger partial charge in [-0.05, 0) is 38.1 Å². The average Bonchev–Trinajstić information content (AvgIpc) is 2.41. The Morgan fingerprint density at radius 2 is 1.84 bits per heavy atom. The smallest absolute Gasteiger partial charge is 0.220 e. The first-order chi connectivity index (χ1) is 9.18. The zero-order valence-electron chi connectivity index (χ0n) is 12.8. The molecule has 1 amide bonds. The highest BCUT2D eigenvalue weighted by molar-refractivity contribution is 5.75. The van der Waals surface area contributed by atoms with Gasteiger partial charge >= 0.3 is 0 Å². The summed E-state index contributed by atoms with van der Waals surface area (Å²) in [6.07, 6.45) is 10.7. The van der Waals surface area contributed by atoms with Crippen LogP contribution < -0.4 is 10.6 Å². The van der Waals surface area contributed by atoms with Crippen molar-refractivity contribution < 1.29 is 4.79 Å². The largest absolute Gasteiger partial charge is 0.356 e. The van der Waals surface area contributed by atoms with Gasteiger partial charge in [0.1, 0.15) is 0 Å². The van der Waals surface area contributed by atoms with Crippen LogP contribution in [0.15, 0.2) is 0 Å². The molecule has 0 spiro atoms. The summed E-state index contributed by atoms with van der Waals surface area (Å²) < 4.78 is 0. The Morgan fingerprint density at radius 3 is 2.53 bits per heavy atom. The van der Waals surface area contributed by atoms with Gasteiger partial charge in [-0.15, -0.1) is 0 Å². The van der Waals surface area contributed by atoms with Crippen LogP contribution in [0.25, 0.3) is 0 Å². The van der Waals surface area contributed by atoms with Crippen molar-refractivity contribution in [1.82, 2.24) is 10.6 Å². The topological polar surface area (TPSA) is 41.1 Å². The molecule has 0 saturated heterocycles. The summed E-state index contributed by atoms with van der Waals surface area (Å²) in [4.78, 5) is 11.7. The number of nitrogens with one attached hydrogen (secondary N) is 2. The molecule has 0 aliphatic heterocycles. The van der Waals surface area contributed by atoms with Gasteiger partial charge in [0.15, 0.2) is 0 Å². The molecule has 0 radical (unpaired) electrons. The molecule has 1 aliphatic rings. The number of carbonyl (C=O) groups excluding carboxylic acids is 1. The zero-order chi connectivity index (χ0) is 13.9. The molecule has 0 unspecified atom stereocenters. The van der Waals surface area contributed by atoms with Gasteiger partial charge < -0.3 is 10.6 Å². The highest BCUT2D eigenvalue weighted by atomic mass is 16.1. The Hall–Kier alpha value is -0.570. The molecule has 1 rings (SSSR count). The lowest BCUT2D eigenvalue weighted by molar-refractivity contribution is -0.121. The summed E-state index contributed by atoms with van der Waals surface area (Å²) in [5, 5.41) is 6.51. The van der Waals surface area contributed by atoms with Crippen molar-refractivity contribution in [3.63, 3.8) is 0 Å². The van der Waals surface area contributed by atoms with Gasteiger partial charge in [-0.1, -0.05) is 39.5 Å². The summed E-state index contributed by atoms with van der Waals surface area (Å²) in [7, 11) is 0. The molecule has 0 heterocycles. The molecule has 112 valence electrons. The summed E-state index contributed by atoms with van der Waals surface area (Å²) in [6.45, 7) is 6.31. The number of carbonyl (C=O) groups is 1. The normalized spacial score (nSPS) is 16.8. The van der Waals surface area contributed by atoms with Crippen molar-refractivity contribution in [2.24, 2.45) is 5.92 Å². The van der Waals surface area contributed by atoms with Crippen LogP contribution in [0, 0.1) is 5.92 Å². The minimum atomic E-state index is 0.252. The second-order valence-electron chi connectivity index (χ2n) is 6.23. The van der Waals surface area contributed by atoms with Crippen LogP contribution in [0.2, 0.25) is 0 Å². The minimum Gasteiger partial charge on any atom is -0.356 e. The third-order valence-corrected chi connectivity index (χ3v) is 3.95. The monoisotopic (exact) mass is 268 g/mol. The third kappa shape index (κ3) is 9.04. The van der Waals surface area contributed by atoms with Crippen molar-refractivity contribution in [2.75, 3.05) is 13.1 Å². The Morgan fingerprint density at radius 1 is 1.11 bits per heavy atom. The molecule has 0 atom stereocenters. The first-order valence-corrected chi connectivity index (χ1v) is 8.18. The Kier molecular flexibility index (Phi) is 8.89. The van der Waals surface area contributed by atoms with E-state index >= 15 is 0 Å². The molecule has 2 N–H and O–H groups in total. The van der Waals surface area contributed by atoms with Crippen molar-refractivity contribution >= 4 is 5.91 Å². The molecule has 1 fully saturated rings. The number of unbranched alkanes of at least 4 members (excludes halogenated alkanes) is 2. The van der Waals surface area contributed by atoms with E-state index in [4.69, 9.17) is 0 Å². The molecular formula is C16H32N2O. The summed E-state index contributed by atoms with van der Waals surface area (Å²) in [6, 6.07) is 0.568. The van der Waals surface area contributed by atoms with Gasteiger partial charge in [-0.2, -0.15) is 0 Å². The van der Waals surface area contributed by atoms with E-state index in [1.807, 2.05) is 0 Å². The number of rotatable bonds is 9. The predicted molar refractivity (Wildman–Crippen MR) is 81.2 cm³/mol. The van der Waals surface area contributed by atoms with E-state index in [1.165, 1.54) is 38.5 Å². The lowest BCUT2D eigenvalue weighted by Crippen LogP contribution is -2.30. The van der Waals surface area contributed by atoms with Gasteiger partial charge in [0.25, 0.3) is 0 Å².